The molecular weight excluding hydrogens is 342 g/mol. The molecule has 27 heavy (non-hydrogen) atoms. The standard InChI is InChI=1S/C19H25N7O/c1-13(2)10-16(18-20-12-22-26(18)4)23-19(27)24-17-15(11-21-25(17)3)14-8-6-5-7-9-14/h5-9,11-13,16H,10H2,1-4H3,(H2,23,24,27). The van der Waals surface area contributed by atoms with Gasteiger partial charge >= 0.3 is 6.03 Å². The number of anilines is 1. The van der Waals surface area contributed by atoms with Gasteiger partial charge < -0.3 is 5.32 Å². The fourth-order valence-electron chi connectivity index (χ4n) is 3.04. The number of urea groups is 1. The molecule has 2 N–H and O–H groups in total. The zero-order chi connectivity index (χ0) is 19.4. The molecule has 0 bridgehead atoms. The van der Waals surface area contributed by atoms with Crippen molar-refractivity contribution in [2.75, 3.05) is 5.32 Å². The first-order chi connectivity index (χ1) is 13.0. The van der Waals surface area contributed by atoms with Crippen LogP contribution >= 0.6 is 0 Å². The van der Waals surface area contributed by atoms with Crippen molar-refractivity contribution >= 4 is 11.8 Å². The number of hydrogen-bond acceptors (Lipinski definition) is 4. The monoisotopic (exact) mass is 367 g/mol. The van der Waals surface area contributed by atoms with E-state index in [0.29, 0.717) is 11.7 Å². The van der Waals surface area contributed by atoms with Crippen LogP contribution in [-0.2, 0) is 14.1 Å². The maximum Gasteiger partial charge on any atom is 0.321 e. The van der Waals surface area contributed by atoms with Crippen LogP contribution in [0.4, 0.5) is 10.6 Å². The third-order valence-corrected chi connectivity index (χ3v) is 4.33. The Hall–Kier alpha value is -3.16. The molecule has 2 aromatic heterocycles. The van der Waals surface area contributed by atoms with Gasteiger partial charge in [-0.25, -0.2) is 9.78 Å². The average Bonchev–Trinajstić information content (AvgIpc) is 3.21. The van der Waals surface area contributed by atoms with Crippen molar-refractivity contribution in [1.82, 2.24) is 29.9 Å². The second kappa shape index (κ2) is 8.03. The van der Waals surface area contributed by atoms with Crippen LogP contribution in [0, 0.1) is 5.92 Å². The molecule has 3 rings (SSSR count). The highest BCUT2D eigenvalue weighted by Crippen LogP contribution is 2.27. The summed E-state index contributed by atoms with van der Waals surface area (Å²) in [6, 6.07) is 9.31. The molecule has 2 amide bonds. The molecule has 0 saturated carbocycles. The molecule has 1 unspecified atom stereocenters. The smallest absolute Gasteiger partial charge is 0.321 e. The number of aryl methyl sites for hydroxylation is 2. The Bertz CT molecular complexity index is 898. The fourth-order valence-corrected chi connectivity index (χ4v) is 3.04. The summed E-state index contributed by atoms with van der Waals surface area (Å²) < 4.78 is 3.34. The van der Waals surface area contributed by atoms with Crippen LogP contribution in [0.5, 0.6) is 0 Å². The van der Waals surface area contributed by atoms with Gasteiger partial charge in [-0.2, -0.15) is 10.2 Å². The quantitative estimate of drug-likeness (QED) is 0.700. The molecule has 0 radical (unpaired) electrons. The molecule has 1 aromatic carbocycles. The predicted octanol–water partition coefficient (Wildman–Crippen LogP) is 3.12. The number of benzene rings is 1. The molecule has 142 valence electrons. The zero-order valence-corrected chi connectivity index (χ0v) is 16.0. The Morgan fingerprint density at radius 3 is 2.48 bits per heavy atom. The lowest BCUT2D eigenvalue weighted by Crippen LogP contribution is -2.35. The lowest BCUT2D eigenvalue weighted by molar-refractivity contribution is 0.245. The van der Waals surface area contributed by atoms with Crippen molar-refractivity contribution in [2.45, 2.75) is 26.3 Å². The van der Waals surface area contributed by atoms with Crippen molar-refractivity contribution in [3.63, 3.8) is 0 Å². The molecule has 8 heteroatoms. The number of nitrogens with one attached hydrogen (secondary N) is 2. The van der Waals surface area contributed by atoms with Crippen LogP contribution in [-0.4, -0.2) is 30.6 Å². The van der Waals surface area contributed by atoms with E-state index in [2.05, 4.69) is 39.7 Å². The first-order valence-corrected chi connectivity index (χ1v) is 8.94. The van der Waals surface area contributed by atoms with E-state index in [1.165, 1.54) is 6.33 Å². The lowest BCUT2D eigenvalue weighted by Gasteiger charge is -2.20. The summed E-state index contributed by atoms with van der Waals surface area (Å²) in [5.41, 5.74) is 1.86. The Morgan fingerprint density at radius 1 is 1.11 bits per heavy atom. The molecule has 0 fully saturated rings. The summed E-state index contributed by atoms with van der Waals surface area (Å²) in [4.78, 5) is 17.0. The number of amides is 2. The summed E-state index contributed by atoms with van der Waals surface area (Å²) in [5.74, 6) is 1.76. The molecule has 0 aliphatic rings. The maximum atomic E-state index is 12.7. The molecule has 2 heterocycles. The maximum absolute atomic E-state index is 12.7. The van der Waals surface area contributed by atoms with Gasteiger partial charge in [0, 0.05) is 19.7 Å². The van der Waals surface area contributed by atoms with Crippen LogP contribution in [0.15, 0.2) is 42.9 Å². The van der Waals surface area contributed by atoms with E-state index in [4.69, 9.17) is 0 Å². The number of aromatic nitrogens is 5. The lowest BCUT2D eigenvalue weighted by atomic mass is 10.0. The summed E-state index contributed by atoms with van der Waals surface area (Å²) in [6.45, 7) is 4.22. The predicted molar refractivity (Wildman–Crippen MR) is 104 cm³/mol. The first kappa shape index (κ1) is 18.6. The number of carbonyl (C=O) groups is 1. The van der Waals surface area contributed by atoms with Crippen LogP contribution < -0.4 is 10.6 Å². The Balaban J connectivity index is 1.79. The van der Waals surface area contributed by atoms with Crippen LogP contribution in [0.25, 0.3) is 11.1 Å². The van der Waals surface area contributed by atoms with E-state index >= 15 is 0 Å². The van der Waals surface area contributed by atoms with Crippen LogP contribution in [0.2, 0.25) is 0 Å². The normalized spacial score (nSPS) is 12.2. The van der Waals surface area contributed by atoms with Gasteiger partial charge in [0.15, 0.2) is 0 Å². The number of hydrogen-bond donors (Lipinski definition) is 2. The Morgan fingerprint density at radius 2 is 1.85 bits per heavy atom. The van der Waals surface area contributed by atoms with Crippen molar-refractivity contribution in [3.05, 3.63) is 48.7 Å². The Labute approximate surface area is 158 Å². The van der Waals surface area contributed by atoms with Crippen molar-refractivity contribution in [1.29, 1.82) is 0 Å². The third-order valence-electron chi connectivity index (χ3n) is 4.33. The van der Waals surface area contributed by atoms with E-state index in [9.17, 15) is 4.79 Å². The zero-order valence-electron chi connectivity index (χ0n) is 16.0. The third kappa shape index (κ3) is 4.33. The van der Waals surface area contributed by atoms with Crippen LogP contribution in [0.1, 0.15) is 32.1 Å². The van der Waals surface area contributed by atoms with Gasteiger partial charge in [-0.1, -0.05) is 44.2 Å². The topological polar surface area (TPSA) is 89.7 Å². The second-order valence-corrected chi connectivity index (χ2v) is 6.92. The highest BCUT2D eigenvalue weighted by molar-refractivity contribution is 5.93. The van der Waals surface area contributed by atoms with E-state index < -0.39 is 0 Å². The molecule has 0 aliphatic heterocycles. The molecule has 3 aromatic rings. The van der Waals surface area contributed by atoms with E-state index in [-0.39, 0.29) is 12.1 Å². The van der Waals surface area contributed by atoms with Crippen molar-refractivity contribution in [3.8, 4) is 11.1 Å². The van der Waals surface area contributed by atoms with Crippen molar-refractivity contribution < 1.29 is 4.79 Å². The largest absolute Gasteiger partial charge is 0.328 e. The molecule has 8 nitrogen and oxygen atoms in total. The highest BCUT2D eigenvalue weighted by Gasteiger charge is 2.22. The molecule has 1 atom stereocenters. The minimum absolute atomic E-state index is 0.231. The fraction of sp³-hybridized carbons (Fsp3) is 0.368. The Kier molecular flexibility index (Phi) is 5.54. The summed E-state index contributed by atoms with van der Waals surface area (Å²) in [7, 11) is 3.63. The van der Waals surface area contributed by atoms with E-state index in [0.717, 1.165) is 23.4 Å². The molecule has 0 saturated heterocycles. The molecular formula is C19H25N7O. The SMILES string of the molecule is CC(C)CC(NC(=O)Nc1c(-c2ccccc2)cnn1C)c1ncnn1C. The number of nitrogens with zero attached hydrogens (tertiary/aromatic N) is 5. The van der Waals surface area contributed by atoms with E-state index in [1.54, 1.807) is 22.6 Å². The molecule has 0 spiro atoms. The van der Waals surface area contributed by atoms with Gasteiger partial charge in [-0.15, -0.1) is 0 Å². The van der Waals surface area contributed by atoms with Gasteiger partial charge in [0.2, 0.25) is 0 Å². The van der Waals surface area contributed by atoms with Crippen LogP contribution in [0.3, 0.4) is 0 Å². The average molecular weight is 367 g/mol. The summed E-state index contributed by atoms with van der Waals surface area (Å²) >= 11 is 0. The van der Waals surface area contributed by atoms with Gasteiger partial charge in [-0.05, 0) is 17.9 Å². The van der Waals surface area contributed by atoms with Gasteiger partial charge in [-0.3, -0.25) is 14.7 Å². The number of carbonyl (C=O) groups excluding carboxylic acids is 1. The van der Waals surface area contributed by atoms with Gasteiger partial charge in [0.1, 0.15) is 18.0 Å². The van der Waals surface area contributed by atoms with Crippen molar-refractivity contribution in [2.24, 2.45) is 20.0 Å². The highest BCUT2D eigenvalue weighted by atomic mass is 16.2. The second-order valence-electron chi connectivity index (χ2n) is 6.92. The van der Waals surface area contributed by atoms with Gasteiger partial charge in [0.25, 0.3) is 0 Å². The minimum atomic E-state index is -0.301. The van der Waals surface area contributed by atoms with E-state index in [1.807, 2.05) is 37.4 Å². The first-order valence-electron chi connectivity index (χ1n) is 8.94. The summed E-state index contributed by atoms with van der Waals surface area (Å²) in [5, 5.41) is 14.4. The summed E-state index contributed by atoms with van der Waals surface area (Å²) in [6.07, 6.45) is 4.01. The number of rotatable bonds is 6. The van der Waals surface area contributed by atoms with Gasteiger partial charge in [0.05, 0.1) is 12.2 Å². The minimum Gasteiger partial charge on any atom is -0.328 e. The molecule has 0 aliphatic carbocycles.